The van der Waals surface area contributed by atoms with Gasteiger partial charge in [0, 0.05) is 0 Å². The van der Waals surface area contributed by atoms with E-state index in [9.17, 15) is 8.78 Å². The van der Waals surface area contributed by atoms with Gasteiger partial charge in [0.25, 0.3) is 0 Å². The first-order valence-electron chi connectivity index (χ1n) is 3.34. The van der Waals surface area contributed by atoms with Crippen LogP contribution in [0.5, 0.6) is 5.75 Å². The molecule has 1 aromatic heterocycles. The summed E-state index contributed by atoms with van der Waals surface area (Å²) in [6.45, 7) is -3.12. The second kappa shape index (κ2) is 4.48. The Balaban J connectivity index is 2.85. The molecule has 0 aliphatic heterocycles. The fourth-order valence-electron chi connectivity index (χ4n) is 0.731. The van der Waals surface area contributed by atoms with Crippen molar-refractivity contribution in [3.05, 3.63) is 22.4 Å². The number of aliphatic hydroxyl groups is 1. The van der Waals surface area contributed by atoms with E-state index >= 15 is 0 Å². The van der Waals surface area contributed by atoms with E-state index in [1.54, 1.807) is 0 Å². The topological polar surface area (TPSA) is 42.4 Å². The molecule has 0 amide bonds. The predicted molar refractivity (Wildman–Crippen MR) is 44.5 cm³/mol. The molecule has 1 aromatic rings. The number of aromatic nitrogens is 1. The van der Waals surface area contributed by atoms with Crippen molar-refractivity contribution < 1.29 is 18.6 Å². The van der Waals surface area contributed by atoms with Crippen LogP contribution in [0.4, 0.5) is 8.78 Å². The summed E-state index contributed by atoms with van der Waals surface area (Å²) < 4.78 is 27.8. The van der Waals surface area contributed by atoms with E-state index in [-0.39, 0.29) is 17.0 Å². The second-order valence-electron chi connectivity index (χ2n) is 2.13. The number of alkyl halides is 2. The molecule has 0 unspecified atom stereocenters. The molecule has 0 aliphatic carbocycles. The maximum Gasteiger partial charge on any atom is 0.387 e. The maximum atomic E-state index is 11.8. The van der Waals surface area contributed by atoms with Gasteiger partial charge in [0.15, 0.2) is 5.75 Å². The lowest BCUT2D eigenvalue weighted by atomic mass is 10.3. The Hall–Kier alpha value is -0.750. The molecule has 0 saturated heterocycles. The van der Waals surface area contributed by atoms with Crippen LogP contribution in [0.3, 0.4) is 0 Å². The second-order valence-corrected chi connectivity index (χ2v) is 2.88. The van der Waals surface area contributed by atoms with Crippen LogP contribution in [0.25, 0.3) is 0 Å². The average Bonchev–Trinajstić information content (AvgIpc) is 2.08. The van der Waals surface area contributed by atoms with Crippen molar-refractivity contribution >= 4 is 15.9 Å². The molecule has 0 saturated carbocycles. The van der Waals surface area contributed by atoms with E-state index in [2.05, 4.69) is 25.7 Å². The zero-order valence-corrected chi connectivity index (χ0v) is 7.96. The Bertz CT molecular complexity index is 296. The Morgan fingerprint density at radius 3 is 2.69 bits per heavy atom. The van der Waals surface area contributed by atoms with Gasteiger partial charge in [0.1, 0.15) is 4.60 Å². The first-order valence-corrected chi connectivity index (χ1v) is 4.14. The third-order valence-corrected chi connectivity index (χ3v) is 1.82. The van der Waals surface area contributed by atoms with Crippen LogP contribution >= 0.6 is 15.9 Å². The molecular formula is C7H6BrF2NO2. The van der Waals surface area contributed by atoms with Gasteiger partial charge in [-0.15, -0.1) is 0 Å². The van der Waals surface area contributed by atoms with Gasteiger partial charge in [-0.2, -0.15) is 8.78 Å². The van der Waals surface area contributed by atoms with E-state index in [1.165, 1.54) is 12.1 Å². The minimum Gasteiger partial charge on any atom is -0.432 e. The lowest BCUT2D eigenvalue weighted by Crippen LogP contribution is -2.03. The number of ether oxygens (including phenoxy) is 1. The Kier molecular flexibility index (Phi) is 3.56. The van der Waals surface area contributed by atoms with Crippen LogP contribution in [-0.2, 0) is 6.61 Å². The lowest BCUT2D eigenvalue weighted by molar-refractivity contribution is -0.0506. The summed E-state index contributed by atoms with van der Waals surface area (Å²) in [5.41, 5.74) is 0.383. The Labute approximate surface area is 81.5 Å². The van der Waals surface area contributed by atoms with E-state index in [0.29, 0.717) is 5.69 Å². The zero-order chi connectivity index (χ0) is 9.84. The van der Waals surface area contributed by atoms with Gasteiger partial charge >= 0.3 is 6.61 Å². The van der Waals surface area contributed by atoms with Crippen molar-refractivity contribution in [2.75, 3.05) is 0 Å². The van der Waals surface area contributed by atoms with E-state index < -0.39 is 6.61 Å². The molecule has 1 heterocycles. The quantitative estimate of drug-likeness (QED) is 0.838. The molecule has 1 N–H and O–H groups in total. The highest BCUT2D eigenvalue weighted by atomic mass is 79.9. The normalized spacial score (nSPS) is 10.5. The minimum absolute atomic E-state index is 0.0489. The Morgan fingerprint density at radius 1 is 1.54 bits per heavy atom. The molecule has 0 bridgehead atoms. The summed E-state index contributed by atoms with van der Waals surface area (Å²) >= 11 is 2.94. The largest absolute Gasteiger partial charge is 0.432 e. The summed E-state index contributed by atoms with van der Waals surface area (Å²) in [5, 5.41) is 8.66. The van der Waals surface area contributed by atoms with Gasteiger partial charge in [0.2, 0.25) is 0 Å². The van der Waals surface area contributed by atoms with E-state index in [4.69, 9.17) is 5.11 Å². The molecule has 13 heavy (non-hydrogen) atoms. The maximum absolute atomic E-state index is 11.8. The fraction of sp³-hybridized carbons (Fsp3) is 0.286. The van der Waals surface area contributed by atoms with Gasteiger partial charge in [0.05, 0.1) is 12.3 Å². The van der Waals surface area contributed by atoms with Crippen molar-refractivity contribution in [3.8, 4) is 5.75 Å². The van der Waals surface area contributed by atoms with Gasteiger partial charge in [-0.25, -0.2) is 4.98 Å². The summed E-state index contributed by atoms with van der Waals surface area (Å²) in [4.78, 5) is 3.75. The molecule has 0 radical (unpaired) electrons. The average molecular weight is 254 g/mol. The molecular weight excluding hydrogens is 248 g/mol. The summed E-state index contributed by atoms with van der Waals surface area (Å²) in [6.07, 6.45) is 0. The van der Waals surface area contributed by atoms with E-state index in [1.807, 2.05) is 0 Å². The first-order chi connectivity index (χ1) is 6.13. The molecule has 0 spiro atoms. The monoisotopic (exact) mass is 253 g/mol. The van der Waals surface area contributed by atoms with Gasteiger partial charge in [-0.1, -0.05) is 0 Å². The molecule has 0 fully saturated rings. The van der Waals surface area contributed by atoms with Crippen molar-refractivity contribution in [2.24, 2.45) is 0 Å². The molecule has 6 heteroatoms. The summed E-state index contributed by atoms with van der Waals surface area (Å²) in [7, 11) is 0. The molecule has 0 atom stereocenters. The van der Waals surface area contributed by atoms with E-state index in [0.717, 1.165) is 0 Å². The Morgan fingerprint density at radius 2 is 2.23 bits per heavy atom. The summed E-state index contributed by atoms with van der Waals surface area (Å²) in [6, 6.07) is 2.72. The molecule has 0 aromatic carbocycles. The number of hydrogen-bond acceptors (Lipinski definition) is 3. The van der Waals surface area contributed by atoms with Crippen LogP contribution in [0.2, 0.25) is 0 Å². The number of hydrogen-bond donors (Lipinski definition) is 1. The van der Waals surface area contributed by atoms with Crippen molar-refractivity contribution in [1.29, 1.82) is 0 Å². The third-order valence-electron chi connectivity index (χ3n) is 1.25. The minimum atomic E-state index is -2.88. The smallest absolute Gasteiger partial charge is 0.387 e. The third kappa shape index (κ3) is 2.89. The molecule has 1 rings (SSSR count). The number of halogens is 3. The number of aliphatic hydroxyl groups excluding tert-OH is 1. The highest BCUT2D eigenvalue weighted by Crippen LogP contribution is 2.24. The number of nitrogens with zero attached hydrogens (tertiary/aromatic N) is 1. The zero-order valence-electron chi connectivity index (χ0n) is 6.38. The predicted octanol–water partition coefficient (Wildman–Crippen LogP) is 1.94. The summed E-state index contributed by atoms with van der Waals surface area (Å²) in [5.74, 6) is -0.0489. The van der Waals surface area contributed by atoms with Crippen LogP contribution in [0.1, 0.15) is 5.69 Å². The van der Waals surface area contributed by atoms with Crippen LogP contribution in [0, 0.1) is 0 Å². The van der Waals surface area contributed by atoms with Crippen molar-refractivity contribution in [1.82, 2.24) is 4.98 Å². The van der Waals surface area contributed by atoms with Crippen LogP contribution in [0.15, 0.2) is 16.7 Å². The van der Waals surface area contributed by atoms with Gasteiger partial charge in [-0.05, 0) is 28.1 Å². The highest BCUT2D eigenvalue weighted by Gasteiger charge is 2.09. The fourth-order valence-corrected chi connectivity index (χ4v) is 1.18. The number of pyridine rings is 1. The molecule has 0 aliphatic rings. The molecule has 72 valence electrons. The van der Waals surface area contributed by atoms with Crippen molar-refractivity contribution in [2.45, 2.75) is 13.2 Å². The lowest BCUT2D eigenvalue weighted by Gasteiger charge is -2.06. The first kappa shape index (κ1) is 10.3. The van der Waals surface area contributed by atoms with Crippen LogP contribution < -0.4 is 4.74 Å². The van der Waals surface area contributed by atoms with Crippen LogP contribution in [-0.4, -0.2) is 16.7 Å². The number of rotatable bonds is 3. The van der Waals surface area contributed by atoms with Crippen molar-refractivity contribution in [3.63, 3.8) is 0 Å². The van der Waals surface area contributed by atoms with Gasteiger partial charge in [-0.3, -0.25) is 0 Å². The molecule has 3 nitrogen and oxygen atoms in total. The van der Waals surface area contributed by atoms with Gasteiger partial charge < -0.3 is 9.84 Å². The highest BCUT2D eigenvalue weighted by molar-refractivity contribution is 9.10. The standard InChI is InChI=1S/C7H6BrF2NO2/c8-6-5(13-7(9)10)2-1-4(3-12)11-6/h1-2,7,12H,3H2. The SMILES string of the molecule is OCc1ccc(OC(F)F)c(Br)n1.